The summed E-state index contributed by atoms with van der Waals surface area (Å²) in [4.78, 5) is 25.8. The Labute approximate surface area is 165 Å². The number of carbonyl (C=O) groups is 2. The fourth-order valence-corrected chi connectivity index (χ4v) is 3.28. The smallest absolute Gasteiger partial charge is 0.319 e. The molecule has 0 bridgehead atoms. The van der Waals surface area contributed by atoms with Crippen LogP contribution in [0, 0.1) is 0 Å². The summed E-state index contributed by atoms with van der Waals surface area (Å²) in [6, 6.07) is 14.4. The van der Waals surface area contributed by atoms with Gasteiger partial charge in [-0.15, -0.1) is 0 Å². The minimum Gasteiger partial charge on any atom is -0.490 e. The Morgan fingerprint density at radius 2 is 1.82 bits per heavy atom. The number of urea groups is 1. The van der Waals surface area contributed by atoms with Crippen LogP contribution in [0.1, 0.15) is 41.6 Å². The molecule has 1 aliphatic carbocycles. The molecule has 0 radical (unpaired) electrons. The highest BCUT2D eigenvalue weighted by molar-refractivity contribution is 5.94. The van der Waals surface area contributed by atoms with Gasteiger partial charge >= 0.3 is 6.03 Å². The predicted molar refractivity (Wildman–Crippen MR) is 110 cm³/mol. The topological polar surface area (TPSA) is 70.7 Å². The zero-order valence-corrected chi connectivity index (χ0v) is 16.4. The second-order valence-corrected chi connectivity index (χ2v) is 7.26. The SMILES string of the molecule is CN(C)C(=O)c1cccc(CNC(=O)Nc2cccc(OC3CCCC3)c2)c1. The van der Waals surface area contributed by atoms with Crippen molar-refractivity contribution in [1.29, 1.82) is 0 Å². The number of hydrogen-bond donors (Lipinski definition) is 2. The van der Waals surface area contributed by atoms with Gasteiger partial charge in [-0.25, -0.2) is 4.79 Å². The second-order valence-electron chi connectivity index (χ2n) is 7.26. The van der Waals surface area contributed by atoms with E-state index in [0.717, 1.165) is 24.2 Å². The molecule has 1 aliphatic rings. The van der Waals surface area contributed by atoms with Crippen LogP contribution in [-0.4, -0.2) is 37.0 Å². The largest absolute Gasteiger partial charge is 0.490 e. The number of ether oxygens (including phenoxy) is 1. The number of amides is 3. The average molecular weight is 381 g/mol. The molecule has 2 aromatic rings. The van der Waals surface area contributed by atoms with Gasteiger partial charge < -0.3 is 20.3 Å². The van der Waals surface area contributed by atoms with Crippen LogP contribution in [0.4, 0.5) is 10.5 Å². The summed E-state index contributed by atoms with van der Waals surface area (Å²) in [7, 11) is 3.43. The van der Waals surface area contributed by atoms with Gasteiger partial charge in [-0.2, -0.15) is 0 Å². The van der Waals surface area contributed by atoms with Crippen LogP contribution in [0.25, 0.3) is 0 Å². The van der Waals surface area contributed by atoms with Gasteiger partial charge in [-0.05, 0) is 55.5 Å². The van der Waals surface area contributed by atoms with E-state index in [0.29, 0.717) is 17.8 Å². The quantitative estimate of drug-likeness (QED) is 0.794. The standard InChI is InChI=1S/C22H27N3O3/c1-25(2)21(26)17-8-5-7-16(13-17)15-23-22(27)24-18-9-6-12-20(14-18)28-19-10-3-4-11-19/h5-9,12-14,19H,3-4,10-11,15H2,1-2H3,(H2,23,24,27). The summed E-state index contributed by atoms with van der Waals surface area (Å²) in [5.74, 6) is 0.713. The number of rotatable bonds is 6. The van der Waals surface area contributed by atoms with E-state index >= 15 is 0 Å². The molecule has 28 heavy (non-hydrogen) atoms. The molecule has 0 unspecified atom stereocenters. The zero-order valence-electron chi connectivity index (χ0n) is 16.4. The first-order valence-electron chi connectivity index (χ1n) is 9.63. The van der Waals surface area contributed by atoms with Crippen molar-refractivity contribution in [2.24, 2.45) is 0 Å². The molecule has 3 rings (SSSR count). The van der Waals surface area contributed by atoms with Gasteiger partial charge in [-0.1, -0.05) is 18.2 Å². The fraction of sp³-hybridized carbons (Fsp3) is 0.364. The normalized spacial score (nSPS) is 13.8. The molecule has 0 aromatic heterocycles. The van der Waals surface area contributed by atoms with Crippen molar-refractivity contribution in [3.05, 3.63) is 59.7 Å². The molecule has 1 fully saturated rings. The van der Waals surface area contributed by atoms with E-state index < -0.39 is 0 Å². The Morgan fingerprint density at radius 1 is 1.07 bits per heavy atom. The lowest BCUT2D eigenvalue weighted by Gasteiger charge is -2.14. The number of carbonyl (C=O) groups excluding carboxylic acids is 2. The Morgan fingerprint density at radius 3 is 2.57 bits per heavy atom. The molecule has 6 nitrogen and oxygen atoms in total. The van der Waals surface area contributed by atoms with Crippen molar-refractivity contribution in [2.45, 2.75) is 38.3 Å². The van der Waals surface area contributed by atoms with Gasteiger partial charge in [0.15, 0.2) is 0 Å². The molecule has 0 aliphatic heterocycles. The van der Waals surface area contributed by atoms with Gasteiger partial charge in [0, 0.05) is 38.0 Å². The molecule has 2 N–H and O–H groups in total. The maximum Gasteiger partial charge on any atom is 0.319 e. The molecule has 2 aromatic carbocycles. The van der Waals surface area contributed by atoms with Crippen LogP contribution in [0.3, 0.4) is 0 Å². The highest BCUT2D eigenvalue weighted by Gasteiger charge is 2.16. The van der Waals surface area contributed by atoms with Crippen LogP contribution in [0.5, 0.6) is 5.75 Å². The molecular formula is C22H27N3O3. The summed E-state index contributed by atoms with van der Waals surface area (Å²) < 4.78 is 5.97. The first-order valence-corrected chi connectivity index (χ1v) is 9.63. The van der Waals surface area contributed by atoms with E-state index in [9.17, 15) is 9.59 Å². The maximum absolute atomic E-state index is 12.2. The Hall–Kier alpha value is -3.02. The minimum atomic E-state index is -0.303. The molecule has 1 saturated carbocycles. The van der Waals surface area contributed by atoms with Crippen LogP contribution in [0.2, 0.25) is 0 Å². The van der Waals surface area contributed by atoms with E-state index in [-0.39, 0.29) is 18.0 Å². The summed E-state index contributed by atoms with van der Waals surface area (Å²) >= 11 is 0. The third-order valence-electron chi connectivity index (χ3n) is 4.73. The number of benzene rings is 2. The van der Waals surface area contributed by atoms with E-state index in [1.54, 1.807) is 26.2 Å². The second kappa shape index (κ2) is 9.26. The Kier molecular flexibility index (Phi) is 6.53. The molecule has 0 saturated heterocycles. The number of nitrogens with one attached hydrogen (secondary N) is 2. The van der Waals surface area contributed by atoms with Crippen molar-refractivity contribution >= 4 is 17.6 Å². The van der Waals surface area contributed by atoms with E-state index in [4.69, 9.17) is 4.74 Å². The molecular weight excluding hydrogens is 354 g/mol. The average Bonchev–Trinajstić information content (AvgIpc) is 3.19. The predicted octanol–water partition coefficient (Wildman–Crippen LogP) is 4.03. The van der Waals surface area contributed by atoms with Crippen molar-refractivity contribution in [2.75, 3.05) is 19.4 Å². The van der Waals surface area contributed by atoms with E-state index in [1.807, 2.05) is 36.4 Å². The Balaban J connectivity index is 1.53. The molecule has 6 heteroatoms. The Bertz CT molecular complexity index is 829. The summed E-state index contributed by atoms with van der Waals surface area (Å²) in [6.07, 6.45) is 4.89. The first kappa shape index (κ1) is 19.7. The van der Waals surface area contributed by atoms with Gasteiger partial charge in [-0.3, -0.25) is 4.79 Å². The zero-order chi connectivity index (χ0) is 19.9. The van der Waals surface area contributed by atoms with Crippen molar-refractivity contribution in [3.63, 3.8) is 0 Å². The highest BCUT2D eigenvalue weighted by atomic mass is 16.5. The molecule has 0 heterocycles. The first-order chi connectivity index (χ1) is 13.5. The number of hydrogen-bond acceptors (Lipinski definition) is 3. The molecule has 0 spiro atoms. The maximum atomic E-state index is 12.2. The highest BCUT2D eigenvalue weighted by Crippen LogP contribution is 2.25. The minimum absolute atomic E-state index is 0.0645. The van der Waals surface area contributed by atoms with Crippen molar-refractivity contribution < 1.29 is 14.3 Å². The van der Waals surface area contributed by atoms with E-state index in [1.165, 1.54) is 17.7 Å². The number of anilines is 1. The number of nitrogens with zero attached hydrogens (tertiary/aromatic N) is 1. The lowest BCUT2D eigenvalue weighted by atomic mass is 10.1. The molecule has 0 atom stereocenters. The third-order valence-corrected chi connectivity index (χ3v) is 4.73. The fourth-order valence-electron chi connectivity index (χ4n) is 3.28. The van der Waals surface area contributed by atoms with Crippen molar-refractivity contribution in [3.8, 4) is 5.75 Å². The molecule has 148 valence electrons. The van der Waals surface area contributed by atoms with Crippen molar-refractivity contribution in [1.82, 2.24) is 10.2 Å². The monoisotopic (exact) mass is 381 g/mol. The summed E-state index contributed by atoms with van der Waals surface area (Å²) in [5, 5.41) is 5.65. The van der Waals surface area contributed by atoms with Crippen LogP contribution in [0.15, 0.2) is 48.5 Å². The lowest BCUT2D eigenvalue weighted by molar-refractivity contribution is 0.0827. The van der Waals surface area contributed by atoms with Crippen LogP contribution in [-0.2, 0) is 6.54 Å². The van der Waals surface area contributed by atoms with Gasteiger partial charge in [0.1, 0.15) is 5.75 Å². The lowest BCUT2D eigenvalue weighted by Crippen LogP contribution is -2.28. The van der Waals surface area contributed by atoms with Crippen LogP contribution >= 0.6 is 0 Å². The van der Waals surface area contributed by atoms with Crippen LogP contribution < -0.4 is 15.4 Å². The third kappa shape index (κ3) is 5.49. The summed E-state index contributed by atoms with van der Waals surface area (Å²) in [5.41, 5.74) is 2.15. The van der Waals surface area contributed by atoms with Gasteiger partial charge in [0.05, 0.1) is 6.10 Å². The van der Waals surface area contributed by atoms with E-state index in [2.05, 4.69) is 10.6 Å². The summed E-state index contributed by atoms with van der Waals surface area (Å²) in [6.45, 7) is 0.332. The molecule has 3 amide bonds. The van der Waals surface area contributed by atoms with Gasteiger partial charge in [0.25, 0.3) is 5.91 Å². The van der Waals surface area contributed by atoms with Gasteiger partial charge in [0.2, 0.25) is 0 Å².